The molecule has 5 heteroatoms. The van der Waals surface area contributed by atoms with Crippen LogP contribution >= 0.6 is 0 Å². The van der Waals surface area contributed by atoms with Crippen molar-refractivity contribution in [3.05, 3.63) is 37.0 Å². The topological polar surface area (TPSA) is 98.4 Å². The number of allylic oxidation sites excluding steroid dienone is 2. The molecule has 0 saturated carbocycles. The fourth-order valence-corrected chi connectivity index (χ4v) is 0.123. The van der Waals surface area contributed by atoms with Crippen LogP contribution in [0.5, 0.6) is 0 Å². The van der Waals surface area contributed by atoms with Crippen molar-refractivity contribution in [3.63, 3.8) is 0 Å². The maximum atomic E-state index is 9.86. The number of aliphatic carboxylic acids is 2. The van der Waals surface area contributed by atoms with E-state index in [0.29, 0.717) is 5.57 Å². The van der Waals surface area contributed by atoms with E-state index in [9.17, 15) is 9.59 Å². The standard InChI is InChI=1S/C5H8O2.C3H3N.C3H4O2/c1-3-4(2)5(6)7;1-2-3-4;1-2-3(4)5/h3H,1-2H3,(H,6,7);2H,1H2;2H,1H2,(H,4,5). The van der Waals surface area contributed by atoms with Crippen LogP contribution in [0.25, 0.3) is 0 Å². The van der Waals surface area contributed by atoms with Crippen molar-refractivity contribution >= 4 is 11.9 Å². The zero-order valence-electron chi connectivity index (χ0n) is 9.30. The van der Waals surface area contributed by atoms with Crippen LogP contribution in [0.4, 0.5) is 0 Å². The maximum Gasteiger partial charge on any atom is 0.330 e. The second-order valence-electron chi connectivity index (χ2n) is 2.15. The molecule has 0 rings (SSSR count). The van der Waals surface area contributed by atoms with E-state index in [1.165, 1.54) is 6.08 Å². The molecule has 88 valence electrons. The molecule has 0 atom stereocenters. The number of nitriles is 1. The maximum absolute atomic E-state index is 9.86. The van der Waals surface area contributed by atoms with Gasteiger partial charge in [0.2, 0.25) is 0 Å². The lowest BCUT2D eigenvalue weighted by atomic mass is 10.3. The molecule has 0 bridgehead atoms. The summed E-state index contributed by atoms with van der Waals surface area (Å²) in [7, 11) is 0. The van der Waals surface area contributed by atoms with Crippen LogP contribution in [0.15, 0.2) is 37.0 Å². The molecule has 0 saturated heterocycles. The Hall–Kier alpha value is -2.35. The van der Waals surface area contributed by atoms with Gasteiger partial charge in [0.1, 0.15) is 0 Å². The molecule has 0 aromatic carbocycles. The van der Waals surface area contributed by atoms with E-state index in [4.69, 9.17) is 15.5 Å². The van der Waals surface area contributed by atoms with E-state index in [0.717, 1.165) is 6.08 Å². The molecular weight excluding hydrogens is 210 g/mol. The predicted molar refractivity (Wildman–Crippen MR) is 60.7 cm³/mol. The third-order valence-electron chi connectivity index (χ3n) is 1.04. The van der Waals surface area contributed by atoms with Crippen LogP contribution < -0.4 is 0 Å². The molecule has 0 radical (unpaired) electrons. The van der Waals surface area contributed by atoms with Gasteiger partial charge in [-0.25, -0.2) is 9.59 Å². The first-order valence-corrected chi connectivity index (χ1v) is 4.09. The number of hydrogen-bond acceptors (Lipinski definition) is 3. The summed E-state index contributed by atoms with van der Waals surface area (Å²) >= 11 is 0. The Morgan fingerprint density at radius 2 is 1.62 bits per heavy atom. The Morgan fingerprint density at radius 1 is 1.31 bits per heavy atom. The molecule has 0 spiro atoms. The van der Waals surface area contributed by atoms with Crippen LogP contribution in [0.1, 0.15) is 13.8 Å². The highest BCUT2D eigenvalue weighted by Gasteiger charge is 1.93. The van der Waals surface area contributed by atoms with Crippen molar-refractivity contribution in [1.29, 1.82) is 5.26 Å². The van der Waals surface area contributed by atoms with E-state index >= 15 is 0 Å². The zero-order chi connectivity index (χ0) is 13.6. The summed E-state index contributed by atoms with van der Waals surface area (Å²) in [6, 6.07) is 1.69. The molecule has 0 aliphatic heterocycles. The summed E-state index contributed by atoms with van der Waals surface area (Å²) in [5.41, 5.74) is 0.389. The number of nitrogens with zero attached hydrogens (tertiary/aromatic N) is 1. The van der Waals surface area contributed by atoms with E-state index in [1.54, 1.807) is 26.0 Å². The lowest BCUT2D eigenvalue weighted by Gasteiger charge is -1.84. The van der Waals surface area contributed by atoms with Gasteiger partial charge >= 0.3 is 11.9 Å². The zero-order valence-corrected chi connectivity index (χ0v) is 9.30. The molecule has 0 fully saturated rings. The van der Waals surface area contributed by atoms with Gasteiger partial charge in [-0.1, -0.05) is 19.2 Å². The third-order valence-corrected chi connectivity index (χ3v) is 1.04. The van der Waals surface area contributed by atoms with Crippen LogP contribution in [0, 0.1) is 11.3 Å². The normalized spacial score (nSPS) is 7.94. The number of hydrogen-bond donors (Lipinski definition) is 2. The van der Waals surface area contributed by atoms with Crippen LogP contribution in [-0.2, 0) is 9.59 Å². The van der Waals surface area contributed by atoms with Gasteiger partial charge in [0.15, 0.2) is 0 Å². The third kappa shape index (κ3) is 29.9. The number of carboxylic acid groups (broad SMARTS) is 2. The second kappa shape index (κ2) is 15.1. The first kappa shape index (κ1) is 19.3. The summed E-state index contributed by atoms with van der Waals surface area (Å²) in [4.78, 5) is 19.1. The summed E-state index contributed by atoms with van der Waals surface area (Å²) in [5, 5.41) is 23.2. The van der Waals surface area contributed by atoms with Gasteiger partial charge in [-0.15, -0.1) is 0 Å². The first-order chi connectivity index (χ1) is 7.37. The molecule has 0 unspecified atom stereocenters. The molecule has 5 nitrogen and oxygen atoms in total. The Balaban J connectivity index is -0.000000166. The van der Waals surface area contributed by atoms with Crippen molar-refractivity contribution in [2.75, 3.05) is 0 Å². The van der Waals surface area contributed by atoms with Gasteiger partial charge in [-0.2, -0.15) is 5.26 Å². The highest BCUT2D eigenvalue weighted by Crippen LogP contribution is 1.87. The molecule has 0 heterocycles. The Morgan fingerprint density at radius 3 is 1.62 bits per heavy atom. The van der Waals surface area contributed by atoms with Crippen molar-refractivity contribution in [1.82, 2.24) is 0 Å². The van der Waals surface area contributed by atoms with E-state index in [2.05, 4.69) is 13.2 Å². The first-order valence-electron chi connectivity index (χ1n) is 4.09. The highest BCUT2D eigenvalue weighted by atomic mass is 16.4. The Labute approximate surface area is 94.6 Å². The fraction of sp³-hybridized carbons (Fsp3) is 0.182. The lowest BCUT2D eigenvalue weighted by molar-refractivity contribution is -0.133. The summed E-state index contributed by atoms with van der Waals surface area (Å²) < 4.78 is 0. The minimum atomic E-state index is -0.981. The van der Waals surface area contributed by atoms with E-state index in [-0.39, 0.29) is 0 Å². The monoisotopic (exact) mass is 225 g/mol. The molecule has 0 amide bonds. The minimum Gasteiger partial charge on any atom is -0.478 e. The van der Waals surface area contributed by atoms with Crippen molar-refractivity contribution in [2.24, 2.45) is 0 Å². The van der Waals surface area contributed by atoms with E-state index in [1.807, 2.05) is 0 Å². The number of carboxylic acids is 2. The van der Waals surface area contributed by atoms with Gasteiger partial charge in [-0.3, -0.25) is 0 Å². The molecular formula is C11H15NO4. The average molecular weight is 225 g/mol. The van der Waals surface area contributed by atoms with Gasteiger partial charge in [-0.05, 0) is 13.8 Å². The van der Waals surface area contributed by atoms with Gasteiger partial charge in [0, 0.05) is 17.7 Å². The molecule has 2 N–H and O–H groups in total. The molecule has 0 aromatic heterocycles. The van der Waals surface area contributed by atoms with Crippen molar-refractivity contribution < 1.29 is 19.8 Å². The lowest BCUT2D eigenvalue weighted by Crippen LogP contribution is -1.93. The molecule has 0 aliphatic carbocycles. The number of rotatable bonds is 2. The molecule has 16 heavy (non-hydrogen) atoms. The Bertz CT molecular complexity index is 310. The van der Waals surface area contributed by atoms with Crippen molar-refractivity contribution in [3.8, 4) is 6.07 Å². The SMILES string of the molecule is C=CC#N.C=CC(=O)O.CC=C(C)C(=O)O. The van der Waals surface area contributed by atoms with E-state index < -0.39 is 11.9 Å². The number of carbonyl (C=O) groups is 2. The van der Waals surface area contributed by atoms with Crippen LogP contribution in [0.3, 0.4) is 0 Å². The molecule has 0 aromatic rings. The van der Waals surface area contributed by atoms with Crippen molar-refractivity contribution in [2.45, 2.75) is 13.8 Å². The van der Waals surface area contributed by atoms with Crippen LogP contribution in [0.2, 0.25) is 0 Å². The van der Waals surface area contributed by atoms with Gasteiger partial charge < -0.3 is 10.2 Å². The average Bonchev–Trinajstić information content (AvgIpc) is 2.28. The fourth-order valence-electron chi connectivity index (χ4n) is 0.123. The highest BCUT2D eigenvalue weighted by molar-refractivity contribution is 5.85. The van der Waals surface area contributed by atoms with Gasteiger partial charge in [0.05, 0.1) is 6.07 Å². The Kier molecular flexibility index (Phi) is 18.2. The van der Waals surface area contributed by atoms with Crippen LogP contribution in [-0.4, -0.2) is 22.2 Å². The summed E-state index contributed by atoms with van der Waals surface area (Å²) in [6.07, 6.45) is 3.57. The largest absolute Gasteiger partial charge is 0.478 e. The predicted octanol–water partition coefficient (Wildman–Crippen LogP) is 1.99. The summed E-state index contributed by atoms with van der Waals surface area (Å²) in [6.45, 7) is 9.33. The minimum absolute atomic E-state index is 0.389. The second-order valence-corrected chi connectivity index (χ2v) is 2.15. The molecule has 0 aliphatic rings. The quantitative estimate of drug-likeness (QED) is 0.553. The smallest absolute Gasteiger partial charge is 0.330 e. The summed E-state index contributed by atoms with van der Waals surface area (Å²) in [5.74, 6) is -1.83. The van der Waals surface area contributed by atoms with Gasteiger partial charge in [0.25, 0.3) is 0 Å².